The van der Waals surface area contributed by atoms with E-state index < -0.39 is 15.5 Å². The van der Waals surface area contributed by atoms with Gasteiger partial charge >= 0.3 is 0 Å². The first-order valence-corrected chi connectivity index (χ1v) is 6.64. The van der Waals surface area contributed by atoms with E-state index >= 15 is 0 Å². The molecule has 76 valence electrons. The molecule has 2 heteroatoms. The quantitative estimate of drug-likeness (QED) is 0.588. The Kier molecular flexibility index (Phi) is 3.02. The van der Waals surface area contributed by atoms with Crippen molar-refractivity contribution in [2.24, 2.45) is 0 Å². The van der Waals surface area contributed by atoms with Gasteiger partial charge in [-0.25, -0.2) is 0 Å². The fourth-order valence-electron chi connectivity index (χ4n) is 1.34. The van der Waals surface area contributed by atoms with Gasteiger partial charge in [0.2, 0.25) is 0 Å². The van der Waals surface area contributed by atoms with Crippen molar-refractivity contribution >= 4 is 26.8 Å². The van der Waals surface area contributed by atoms with Gasteiger partial charge in [-0.3, -0.25) is 0 Å². The number of hydrogen-bond donors (Lipinski definition) is 0. The van der Waals surface area contributed by atoms with E-state index in [-0.39, 0.29) is 0 Å². The van der Waals surface area contributed by atoms with Gasteiger partial charge in [0, 0.05) is 0 Å². The molecule has 0 aromatic heterocycles. The van der Waals surface area contributed by atoms with Gasteiger partial charge in [-0.1, -0.05) is 36.4 Å². The Balaban J connectivity index is 2.48. The monoisotopic (exact) mass is 281 g/mol. The molecule has 0 atom stereocenters. The lowest BCUT2D eigenvalue weighted by atomic mass is 10.4. The second-order valence-electron chi connectivity index (χ2n) is 3.01. The van der Waals surface area contributed by atoms with E-state index in [0.29, 0.717) is 0 Å². The number of rotatable bonds is 3. The summed E-state index contributed by atoms with van der Waals surface area (Å²) in [5.74, 6) is 0. The molecule has 0 radical (unpaired) electrons. The van der Waals surface area contributed by atoms with Crippen LogP contribution in [0.4, 0.5) is 0 Å². The third-order valence-corrected chi connectivity index (χ3v) is 4.65. The molecule has 0 aliphatic rings. The zero-order valence-corrected chi connectivity index (χ0v) is 10.5. The predicted molar refractivity (Wildman–Crippen MR) is 70.6 cm³/mol. The molecular formula is C13H12BrS+. The molecule has 0 fully saturated rings. The Hall–Kier alpha value is -0.730. The summed E-state index contributed by atoms with van der Waals surface area (Å²) >= 11 is 3.16. The Morgan fingerprint density at radius 3 is 1.60 bits per heavy atom. The van der Waals surface area contributed by atoms with Gasteiger partial charge in [-0.05, 0) is 40.2 Å². The third kappa shape index (κ3) is 2.64. The second-order valence-corrected chi connectivity index (χ2v) is 5.69. The lowest BCUT2D eigenvalue weighted by Gasteiger charge is -2.03. The minimum absolute atomic E-state index is 0.619. The van der Waals surface area contributed by atoms with E-state index in [0.717, 1.165) is 9.79 Å². The first kappa shape index (κ1) is 8.43. The Bertz CT molecular complexity index is 428. The lowest BCUT2D eigenvalue weighted by molar-refractivity contribution is 1.38. The molecule has 15 heavy (non-hydrogen) atoms. The van der Waals surface area contributed by atoms with Gasteiger partial charge in [0.1, 0.15) is 0 Å². The summed E-state index contributed by atoms with van der Waals surface area (Å²) in [4.78, 5) is 2.00. The molecule has 0 nitrogen and oxygen atoms in total. The average molecular weight is 282 g/mol. The van der Waals surface area contributed by atoms with E-state index in [2.05, 4.69) is 15.9 Å². The van der Waals surface area contributed by atoms with Crippen LogP contribution in [-0.4, -0.2) is 4.61 Å². The highest BCUT2D eigenvalue weighted by Gasteiger charge is 2.22. The molecule has 0 aliphatic heterocycles. The molecule has 0 saturated heterocycles. The van der Waals surface area contributed by atoms with Crippen molar-refractivity contribution in [2.75, 3.05) is 4.61 Å². The van der Waals surface area contributed by atoms with Gasteiger partial charge in [0.15, 0.2) is 14.4 Å². The molecule has 2 aromatic rings. The van der Waals surface area contributed by atoms with Crippen LogP contribution in [0.25, 0.3) is 0 Å². The molecule has 0 bridgehead atoms. The van der Waals surface area contributed by atoms with Gasteiger partial charge in [0.25, 0.3) is 0 Å². The minimum atomic E-state index is -1.43. The summed E-state index contributed by atoms with van der Waals surface area (Å²) in [6, 6.07) is 19.5. The van der Waals surface area contributed by atoms with Gasteiger partial charge in [0.05, 0.1) is 13.6 Å². The van der Waals surface area contributed by atoms with E-state index in [1.54, 1.807) is 0 Å². The fraction of sp³-hybridized carbons (Fsp3) is 0.0769. The zero-order chi connectivity index (χ0) is 12.3. The van der Waals surface area contributed by atoms with Crippen molar-refractivity contribution < 1.29 is 2.74 Å². The summed E-state index contributed by atoms with van der Waals surface area (Å²) < 4.78 is 14.5. The van der Waals surface area contributed by atoms with Crippen molar-refractivity contribution in [1.82, 2.24) is 0 Å². The minimum Gasteiger partial charge on any atom is -0.0619 e. The number of benzene rings is 2. The van der Waals surface area contributed by atoms with Crippen molar-refractivity contribution in [3.8, 4) is 0 Å². The summed E-state index contributed by atoms with van der Waals surface area (Å²) in [7, 11) is -0.619. The Labute approximate surface area is 105 Å². The van der Waals surface area contributed by atoms with Crippen LogP contribution in [0.5, 0.6) is 0 Å². The van der Waals surface area contributed by atoms with E-state index in [1.807, 2.05) is 60.7 Å². The van der Waals surface area contributed by atoms with Crippen LogP contribution in [0.1, 0.15) is 2.74 Å². The second kappa shape index (κ2) is 5.38. The standard InChI is InChI=1S/C13H12BrS/c14-11-15(12-7-3-1-4-8-12)13-9-5-2-6-10-13/h1-10H,11H2/q+1/i11D2. The third-order valence-electron chi connectivity index (χ3n) is 2.03. The maximum Gasteiger partial charge on any atom is 0.172 e. The molecule has 0 N–H and O–H groups in total. The first-order chi connectivity index (χ1) is 8.09. The van der Waals surface area contributed by atoms with Crippen molar-refractivity contribution in [3.05, 3.63) is 60.7 Å². The summed E-state index contributed by atoms with van der Waals surface area (Å²) in [6.07, 6.45) is 0. The summed E-state index contributed by atoms with van der Waals surface area (Å²) in [5, 5.41) is 0. The van der Waals surface area contributed by atoms with Crippen LogP contribution in [0, 0.1) is 0 Å². The van der Waals surface area contributed by atoms with E-state index in [9.17, 15) is 0 Å². The summed E-state index contributed by atoms with van der Waals surface area (Å²) in [6.45, 7) is 0. The molecule has 0 unspecified atom stereocenters. The lowest BCUT2D eigenvalue weighted by Crippen LogP contribution is -2.03. The highest BCUT2D eigenvalue weighted by atomic mass is 79.9. The fourth-order valence-corrected chi connectivity index (χ4v) is 3.77. The Morgan fingerprint density at radius 2 is 1.27 bits per heavy atom. The molecule has 0 saturated carbocycles. The van der Waals surface area contributed by atoms with Crippen LogP contribution < -0.4 is 0 Å². The number of alkyl halides is 1. The molecule has 2 aromatic carbocycles. The SMILES string of the molecule is [2H]C([2H])(Br)[S+](c1ccccc1)c1ccccc1. The molecule has 0 heterocycles. The normalized spacial score (nSPS) is 13.5. The predicted octanol–water partition coefficient (Wildman–Crippen LogP) is 4.08. The van der Waals surface area contributed by atoms with Crippen LogP contribution in [-0.2, 0) is 10.9 Å². The van der Waals surface area contributed by atoms with Crippen molar-refractivity contribution in [3.63, 3.8) is 0 Å². The van der Waals surface area contributed by atoms with E-state index in [4.69, 9.17) is 2.74 Å². The smallest absolute Gasteiger partial charge is 0.0619 e. The van der Waals surface area contributed by atoms with Gasteiger partial charge < -0.3 is 0 Å². The highest BCUT2D eigenvalue weighted by molar-refractivity contribution is 9.10. The van der Waals surface area contributed by atoms with Crippen LogP contribution in [0.3, 0.4) is 0 Å². The Morgan fingerprint density at radius 1 is 0.867 bits per heavy atom. The number of hydrogen-bond acceptors (Lipinski definition) is 0. The highest BCUT2D eigenvalue weighted by Crippen LogP contribution is 2.24. The van der Waals surface area contributed by atoms with E-state index in [1.165, 1.54) is 0 Å². The van der Waals surface area contributed by atoms with Crippen LogP contribution >= 0.6 is 15.9 Å². The summed E-state index contributed by atoms with van der Waals surface area (Å²) in [5.41, 5.74) is 0. The topological polar surface area (TPSA) is 0 Å². The molecule has 0 spiro atoms. The maximum atomic E-state index is 7.96. The largest absolute Gasteiger partial charge is 0.172 e. The molecular weight excluding hydrogens is 268 g/mol. The molecule has 0 amide bonds. The maximum absolute atomic E-state index is 7.96. The molecule has 2 rings (SSSR count). The van der Waals surface area contributed by atoms with Gasteiger partial charge in [-0.2, -0.15) is 0 Å². The van der Waals surface area contributed by atoms with Gasteiger partial charge in [-0.15, -0.1) is 0 Å². The number of halogens is 1. The van der Waals surface area contributed by atoms with Crippen molar-refractivity contribution in [1.29, 1.82) is 0 Å². The molecule has 0 aliphatic carbocycles. The zero-order valence-electron chi connectivity index (χ0n) is 10.1. The average Bonchev–Trinajstić information content (AvgIpc) is 2.30. The van der Waals surface area contributed by atoms with Crippen molar-refractivity contribution in [2.45, 2.75) is 9.79 Å². The van der Waals surface area contributed by atoms with Crippen LogP contribution in [0.15, 0.2) is 70.5 Å². The van der Waals surface area contributed by atoms with Crippen LogP contribution in [0.2, 0.25) is 0 Å². The first-order valence-electron chi connectivity index (χ1n) is 5.62.